The Morgan fingerprint density at radius 2 is 1.95 bits per heavy atom. The third-order valence-electron chi connectivity index (χ3n) is 3.52. The highest BCUT2D eigenvalue weighted by molar-refractivity contribution is 5.77. The smallest absolute Gasteiger partial charge is 0.312 e. The molecule has 0 radical (unpaired) electrons. The number of rotatable bonds is 6. The molecule has 1 aliphatic heterocycles. The van der Waals surface area contributed by atoms with Crippen LogP contribution in [0.15, 0.2) is 0 Å². The molecule has 3 N–H and O–H groups in total. The molecule has 6 nitrogen and oxygen atoms in total. The Morgan fingerprint density at radius 1 is 1.37 bits per heavy atom. The SMILES string of the molecule is COC(=O)C(C)(C)CN(CC(N)=O)C1CCNCC1. The minimum atomic E-state index is -0.644. The van der Waals surface area contributed by atoms with Crippen molar-refractivity contribution < 1.29 is 14.3 Å². The molecule has 0 aromatic rings. The number of nitrogens with zero attached hydrogens (tertiary/aromatic N) is 1. The molecule has 1 saturated heterocycles. The van der Waals surface area contributed by atoms with Gasteiger partial charge in [-0.1, -0.05) is 0 Å². The van der Waals surface area contributed by atoms with Crippen LogP contribution in [-0.4, -0.2) is 56.1 Å². The summed E-state index contributed by atoms with van der Waals surface area (Å²) in [5.74, 6) is -0.630. The number of ether oxygens (including phenoxy) is 1. The number of carbonyl (C=O) groups excluding carboxylic acids is 2. The van der Waals surface area contributed by atoms with Crippen LogP contribution in [0.2, 0.25) is 0 Å². The summed E-state index contributed by atoms with van der Waals surface area (Å²) in [5, 5.41) is 3.29. The third-order valence-corrected chi connectivity index (χ3v) is 3.52. The van der Waals surface area contributed by atoms with Gasteiger partial charge < -0.3 is 15.8 Å². The number of esters is 1. The molecule has 1 aliphatic rings. The van der Waals surface area contributed by atoms with Crippen molar-refractivity contribution in [3.63, 3.8) is 0 Å². The number of primary amides is 1. The number of methoxy groups -OCH3 is 1. The second-order valence-electron chi connectivity index (χ2n) is 5.73. The average molecular weight is 271 g/mol. The van der Waals surface area contributed by atoms with Crippen LogP contribution in [0.25, 0.3) is 0 Å². The summed E-state index contributed by atoms with van der Waals surface area (Å²) >= 11 is 0. The van der Waals surface area contributed by atoms with E-state index in [0.29, 0.717) is 6.54 Å². The first-order chi connectivity index (χ1) is 8.86. The number of hydrogen-bond donors (Lipinski definition) is 2. The van der Waals surface area contributed by atoms with Crippen LogP contribution in [0, 0.1) is 5.41 Å². The highest BCUT2D eigenvalue weighted by atomic mass is 16.5. The van der Waals surface area contributed by atoms with E-state index >= 15 is 0 Å². The second-order valence-corrected chi connectivity index (χ2v) is 5.73. The lowest BCUT2D eigenvalue weighted by Crippen LogP contribution is -2.51. The maximum atomic E-state index is 11.8. The average Bonchev–Trinajstić information content (AvgIpc) is 2.37. The van der Waals surface area contributed by atoms with E-state index in [2.05, 4.69) is 5.32 Å². The van der Waals surface area contributed by atoms with Crippen LogP contribution in [0.1, 0.15) is 26.7 Å². The number of amides is 1. The molecular formula is C13H25N3O3. The molecule has 1 fully saturated rings. The van der Waals surface area contributed by atoms with Gasteiger partial charge in [0.25, 0.3) is 0 Å². The maximum absolute atomic E-state index is 11.8. The van der Waals surface area contributed by atoms with Gasteiger partial charge >= 0.3 is 5.97 Å². The van der Waals surface area contributed by atoms with Crippen LogP contribution >= 0.6 is 0 Å². The van der Waals surface area contributed by atoms with Crippen molar-refractivity contribution in [3.05, 3.63) is 0 Å². The van der Waals surface area contributed by atoms with Crippen molar-refractivity contribution in [3.8, 4) is 0 Å². The highest BCUT2D eigenvalue weighted by Gasteiger charge is 2.34. The van der Waals surface area contributed by atoms with Crippen LogP contribution in [-0.2, 0) is 14.3 Å². The standard InChI is InChI=1S/C13H25N3O3/c1-13(2,12(18)19-3)9-16(8-11(14)17)10-4-6-15-7-5-10/h10,15H,4-9H2,1-3H3,(H2,14,17). The van der Waals surface area contributed by atoms with E-state index in [0.717, 1.165) is 25.9 Å². The molecule has 0 saturated carbocycles. The van der Waals surface area contributed by atoms with E-state index in [1.165, 1.54) is 7.11 Å². The van der Waals surface area contributed by atoms with E-state index < -0.39 is 5.41 Å². The van der Waals surface area contributed by atoms with Crippen molar-refractivity contribution in [1.82, 2.24) is 10.2 Å². The van der Waals surface area contributed by atoms with Gasteiger partial charge in [0.2, 0.25) is 5.91 Å². The largest absolute Gasteiger partial charge is 0.469 e. The Morgan fingerprint density at radius 3 is 2.42 bits per heavy atom. The molecule has 0 unspecified atom stereocenters. The molecule has 0 atom stereocenters. The second kappa shape index (κ2) is 6.86. The summed E-state index contributed by atoms with van der Waals surface area (Å²) in [6.07, 6.45) is 1.93. The fourth-order valence-corrected chi connectivity index (χ4v) is 2.53. The Balaban J connectivity index is 2.73. The quantitative estimate of drug-likeness (QED) is 0.649. The summed E-state index contributed by atoms with van der Waals surface area (Å²) < 4.78 is 4.81. The van der Waals surface area contributed by atoms with Crippen LogP contribution in [0.3, 0.4) is 0 Å². The Hall–Kier alpha value is -1.14. The van der Waals surface area contributed by atoms with Crippen molar-refractivity contribution in [2.24, 2.45) is 11.1 Å². The third kappa shape index (κ3) is 4.80. The molecule has 6 heteroatoms. The lowest BCUT2D eigenvalue weighted by Gasteiger charge is -2.37. The zero-order valence-corrected chi connectivity index (χ0v) is 12.1. The van der Waals surface area contributed by atoms with Gasteiger partial charge in [0.1, 0.15) is 0 Å². The molecule has 0 aromatic carbocycles. The Kier molecular flexibility index (Phi) is 5.75. The molecular weight excluding hydrogens is 246 g/mol. The van der Waals surface area contributed by atoms with Gasteiger partial charge in [-0.15, -0.1) is 0 Å². The van der Waals surface area contributed by atoms with Gasteiger partial charge in [0.15, 0.2) is 0 Å². The molecule has 0 aromatic heterocycles. The van der Waals surface area contributed by atoms with Crippen molar-refractivity contribution >= 4 is 11.9 Å². The Bertz CT molecular complexity index is 325. The number of piperidine rings is 1. The first-order valence-electron chi connectivity index (χ1n) is 6.68. The monoisotopic (exact) mass is 271 g/mol. The molecule has 1 rings (SSSR count). The predicted octanol–water partition coefficient (Wildman–Crippen LogP) is -0.275. The summed E-state index contributed by atoms with van der Waals surface area (Å²) in [5.41, 5.74) is 4.67. The van der Waals surface area contributed by atoms with Gasteiger partial charge in [0.05, 0.1) is 19.1 Å². The van der Waals surface area contributed by atoms with Gasteiger partial charge in [-0.05, 0) is 39.8 Å². The number of nitrogens with one attached hydrogen (secondary N) is 1. The summed E-state index contributed by atoms with van der Waals surface area (Å²) in [6, 6.07) is 0.290. The molecule has 1 amide bonds. The number of carbonyl (C=O) groups is 2. The number of nitrogens with two attached hydrogens (primary N) is 1. The normalized spacial score (nSPS) is 17.5. The minimum absolute atomic E-state index is 0.186. The summed E-state index contributed by atoms with van der Waals surface area (Å²) in [6.45, 7) is 6.18. The van der Waals surface area contributed by atoms with Crippen molar-refractivity contribution in [2.75, 3.05) is 33.3 Å². The van der Waals surface area contributed by atoms with Crippen molar-refractivity contribution in [1.29, 1.82) is 0 Å². The van der Waals surface area contributed by atoms with Gasteiger partial charge in [0, 0.05) is 12.6 Å². The predicted molar refractivity (Wildman–Crippen MR) is 72.5 cm³/mol. The van der Waals surface area contributed by atoms with E-state index in [4.69, 9.17) is 10.5 Å². The van der Waals surface area contributed by atoms with Crippen molar-refractivity contribution in [2.45, 2.75) is 32.7 Å². The van der Waals surface area contributed by atoms with E-state index in [9.17, 15) is 9.59 Å². The minimum Gasteiger partial charge on any atom is -0.469 e. The van der Waals surface area contributed by atoms with Crippen LogP contribution in [0.5, 0.6) is 0 Å². The molecule has 0 bridgehead atoms. The fourth-order valence-electron chi connectivity index (χ4n) is 2.53. The highest BCUT2D eigenvalue weighted by Crippen LogP contribution is 2.22. The fraction of sp³-hybridized carbons (Fsp3) is 0.846. The van der Waals surface area contributed by atoms with E-state index in [1.807, 2.05) is 18.7 Å². The first-order valence-corrected chi connectivity index (χ1v) is 6.68. The summed E-state index contributed by atoms with van der Waals surface area (Å²) in [7, 11) is 1.38. The molecule has 19 heavy (non-hydrogen) atoms. The zero-order chi connectivity index (χ0) is 14.5. The van der Waals surface area contributed by atoms with E-state index in [1.54, 1.807) is 0 Å². The van der Waals surface area contributed by atoms with E-state index in [-0.39, 0.29) is 24.5 Å². The molecule has 110 valence electrons. The molecule has 1 heterocycles. The number of hydrogen-bond acceptors (Lipinski definition) is 5. The topological polar surface area (TPSA) is 84.7 Å². The zero-order valence-electron chi connectivity index (χ0n) is 12.1. The van der Waals surface area contributed by atoms with Crippen LogP contribution in [0.4, 0.5) is 0 Å². The van der Waals surface area contributed by atoms with Gasteiger partial charge in [-0.3, -0.25) is 14.5 Å². The molecule has 0 spiro atoms. The molecule has 0 aliphatic carbocycles. The van der Waals surface area contributed by atoms with Gasteiger partial charge in [-0.25, -0.2) is 0 Å². The first kappa shape index (κ1) is 15.9. The Labute approximate surface area is 114 Å². The van der Waals surface area contributed by atoms with Crippen LogP contribution < -0.4 is 11.1 Å². The van der Waals surface area contributed by atoms with Gasteiger partial charge in [-0.2, -0.15) is 0 Å². The maximum Gasteiger partial charge on any atom is 0.312 e. The lowest BCUT2D eigenvalue weighted by molar-refractivity contribution is -0.152. The summed E-state index contributed by atoms with van der Waals surface area (Å²) in [4.78, 5) is 25.0. The lowest BCUT2D eigenvalue weighted by atomic mass is 9.91.